The third kappa shape index (κ3) is 3.10. The number of hydrogen-bond donors (Lipinski definition) is 1. The van der Waals surface area contributed by atoms with Gasteiger partial charge in [-0.1, -0.05) is 0 Å². The van der Waals surface area contributed by atoms with Crippen LogP contribution in [0.1, 0.15) is 23.3 Å². The number of nitrogens with one attached hydrogen (secondary N) is 1. The highest BCUT2D eigenvalue weighted by Gasteiger charge is 2.27. The summed E-state index contributed by atoms with van der Waals surface area (Å²) in [4.78, 5) is 16.3. The lowest BCUT2D eigenvalue weighted by molar-refractivity contribution is 0.101. The Labute approximate surface area is 134 Å². The summed E-state index contributed by atoms with van der Waals surface area (Å²) in [7, 11) is -1.89. The van der Waals surface area contributed by atoms with Crippen molar-refractivity contribution in [3.8, 4) is 0 Å². The molecule has 8 nitrogen and oxygen atoms in total. The van der Waals surface area contributed by atoms with Crippen molar-refractivity contribution < 1.29 is 13.2 Å². The molecule has 2 aromatic rings. The molecule has 3 heterocycles. The molecular formula is C14H17N5O3S. The Balaban J connectivity index is 1.83. The predicted octanol–water partition coefficient (Wildman–Crippen LogP) is 0.852. The standard InChI is InChI=1S/C14H17N5O3S/c1-18-12(5-7-16-18)14(20)17-13-10-11(4-6-15-13)23(21,22)19-8-2-3-9-19/h4-7,10H,2-3,8-9H2,1H3,(H,15,17,20). The molecule has 0 aromatic carbocycles. The van der Waals surface area contributed by atoms with Crippen LogP contribution < -0.4 is 5.32 Å². The molecule has 0 spiro atoms. The first kappa shape index (κ1) is 15.6. The second-order valence-electron chi connectivity index (χ2n) is 5.28. The van der Waals surface area contributed by atoms with Gasteiger partial charge in [0.2, 0.25) is 10.0 Å². The summed E-state index contributed by atoms with van der Waals surface area (Å²) in [5, 5.41) is 6.52. The first-order chi connectivity index (χ1) is 11.0. The van der Waals surface area contributed by atoms with Gasteiger partial charge in [-0.3, -0.25) is 9.48 Å². The molecule has 1 amide bonds. The summed E-state index contributed by atoms with van der Waals surface area (Å²) in [5.41, 5.74) is 0.361. The van der Waals surface area contributed by atoms with Gasteiger partial charge in [-0.15, -0.1) is 0 Å². The summed E-state index contributed by atoms with van der Waals surface area (Å²) < 4.78 is 27.9. The van der Waals surface area contributed by atoms with E-state index < -0.39 is 15.9 Å². The summed E-state index contributed by atoms with van der Waals surface area (Å²) in [5.74, 6) is -0.204. The third-order valence-electron chi connectivity index (χ3n) is 3.73. The lowest BCUT2D eigenvalue weighted by Gasteiger charge is -2.15. The number of nitrogens with zero attached hydrogens (tertiary/aromatic N) is 4. The fourth-order valence-corrected chi connectivity index (χ4v) is 4.02. The quantitative estimate of drug-likeness (QED) is 0.893. The molecule has 1 saturated heterocycles. The van der Waals surface area contributed by atoms with E-state index in [0.29, 0.717) is 18.8 Å². The minimum absolute atomic E-state index is 0.134. The number of carbonyl (C=O) groups excluding carboxylic acids is 1. The lowest BCUT2D eigenvalue weighted by atomic mass is 10.4. The van der Waals surface area contributed by atoms with Gasteiger partial charge in [-0.2, -0.15) is 9.40 Å². The van der Waals surface area contributed by atoms with Crippen molar-refractivity contribution >= 4 is 21.7 Å². The fraction of sp³-hybridized carbons (Fsp3) is 0.357. The third-order valence-corrected chi connectivity index (χ3v) is 5.62. The van der Waals surface area contributed by atoms with E-state index in [1.807, 2.05) is 0 Å². The molecule has 1 aliphatic rings. The summed E-state index contributed by atoms with van der Waals surface area (Å²) in [6, 6.07) is 4.38. The number of rotatable bonds is 4. The van der Waals surface area contributed by atoms with Gasteiger partial charge in [0.25, 0.3) is 5.91 Å². The number of aryl methyl sites for hydroxylation is 1. The molecule has 0 saturated carbocycles. The van der Waals surface area contributed by atoms with Crippen LogP contribution in [-0.2, 0) is 17.1 Å². The highest BCUT2D eigenvalue weighted by molar-refractivity contribution is 7.89. The second-order valence-corrected chi connectivity index (χ2v) is 7.22. The number of amides is 1. The van der Waals surface area contributed by atoms with Gasteiger partial charge < -0.3 is 5.32 Å². The molecule has 2 aromatic heterocycles. The predicted molar refractivity (Wildman–Crippen MR) is 83.4 cm³/mol. The molecule has 9 heteroatoms. The van der Waals surface area contributed by atoms with E-state index in [9.17, 15) is 13.2 Å². The molecule has 23 heavy (non-hydrogen) atoms. The summed E-state index contributed by atoms with van der Waals surface area (Å²) in [6.07, 6.45) is 4.63. The Hall–Kier alpha value is -2.26. The van der Waals surface area contributed by atoms with E-state index in [4.69, 9.17) is 0 Å². The number of anilines is 1. The SMILES string of the molecule is Cn1nccc1C(=O)Nc1cc(S(=O)(=O)N2CCCC2)ccn1. The van der Waals surface area contributed by atoms with Crippen molar-refractivity contribution in [2.75, 3.05) is 18.4 Å². The van der Waals surface area contributed by atoms with Crippen LogP contribution in [0.3, 0.4) is 0 Å². The molecule has 0 aliphatic carbocycles. The number of aromatic nitrogens is 3. The average Bonchev–Trinajstić information content (AvgIpc) is 3.19. The monoisotopic (exact) mass is 335 g/mol. The average molecular weight is 335 g/mol. The Morgan fingerprint density at radius 2 is 1.96 bits per heavy atom. The molecule has 0 radical (unpaired) electrons. The number of hydrogen-bond acceptors (Lipinski definition) is 5. The smallest absolute Gasteiger partial charge is 0.275 e. The molecule has 0 bridgehead atoms. The Bertz CT molecular complexity index is 824. The van der Waals surface area contributed by atoms with E-state index in [1.165, 1.54) is 33.5 Å². The number of carbonyl (C=O) groups is 1. The van der Waals surface area contributed by atoms with E-state index in [1.54, 1.807) is 13.1 Å². The van der Waals surface area contributed by atoms with Crippen molar-refractivity contribution in [3.63, 3.8) is 0 Å². The fourth-order valence-electron chi connectivity index (χ4n) is 2.49. The van der Waals surface area contributed by atoms with Gasteiger partial charge in [-0.05, 0) is 25.0 Å². The van der Waals surface area contributed by atoms with Crippen LogP contribution in [0.2, 0.25) is 0 Å². The maximum atomic E-state index is 12.5. The molecule has 0 atom stereocenters. The lowest BCUT2D eigenvalue weighted by Crippen LogP contribution is -2.28. The van der Waals surface area contributed by atoms with Crippen molar-refractivity contribution in [3.05, 3.63) is 36.3 Å². The summed E-state index contributed by atoms with van der Waals surface area (Å²) in [6.45, 7) is 1.06. The molecule has 1 aliphatic heterocycles. The maximum absolute atomic E-state index is 12.5. The molecule has 0 unspecified atom stereocenters. The maximum Gasteiger partial charge on any atom is 0.275 e. The summed E-state index contributed by atoms with van der Waals surface area (Å²) >= 11 is 0. The van der Waals surface area contributed by atoms with Crippen molar-refractivity contribution in [2.24, 2.45) is 7.05 Å². The first-order valence-corrected chi connectivity index (χ1v) is 8.68. The van der Waals surface area contributed by atoms with Crippen LogP contribution in [0, 0.1) is 0 Å². The Morgan fingerprint density at radius 3 is 2.61 bits per heavy atom. The number of sulfonamides is 1. The first-order valence-electron chi connectivity index (χ1n) is 7.24. The van der Waals surface area contributed by atoms with Gasteiger partial charge >= 0.3 is 0 Å². The topological polar surface area (TPSA) is 97.2 Å². The van der Waals surface area contributed by atoms with Crippen LogP contribution in [0.4, 0.5) is 5.82 Å². The van der Waals surface area contributed by atoms with Gasteiger partial charge in [0.1, 0.15) is 11.5 Å². The van der Waals surface area contributed by atoms with Crippen LogP contribution in [0.25, 0.3) is 0 Å². The molecule has 122 valence electrons. The zero-order chi connectivity index (χ0) is 16.4. The van der Waals surface area contributed by atoms with Gasteiger partial charge in [0.15, 0.2) is 0 Å². The van der Waals surface area contributed by atoms with Crippen LogP contribution in [0.5, 0.6) is 0 Å². The van der Waals surface area contributed by atoms with Crippen molar-refractivity contribution in [1.82, 2.24) is 19.1 Å². The molecule has 1 fully saturated rings. The van der Waals surface area contributed by atoms with Gasteiger partial charge in [0.05, 0.1) is 4.90 Å². The van der Waals surface area contributed by atoms with Gasteiger partial charge in [0, 0.05) is 38.6 Å². The number of pyridine rings is 1. The Morgan fingerprint density at radius 1 is 1.22 bits per heavy atom. The minimum Gasteiger partial charge on any atom is -0.305 e. The molecular weight excluding hydrogens is 318 g/mol. The van der Waals surface area contributed by atoms with Crippen LogP contribution in [-0.4, -0.2) is 46.5 Å². The zero-order valence-electron chi connectivity index (χ0n) is 12.6. The minimum atomic E-state index is -3.53. The highest BCUT2D eigenvalue weighted by Crippen LogP contribution is 2.22. The van der Waals surface area contributed by atoms with E-state index >= 15 is 0 Å². The van der Waals surface area contributed by atoms with E-state index in [2.05, 4.69) is 15.4 Å². The van der Waals surface area contributed by atoms with Crippen molar-refractivity contribution in [2.45, 2.75) is 17.7 Å². The highest BCUT2D eigenvalue weighted by atomic mass is 32.2. The second kappa shape index (κ2) is 6.09. The van der Waals surface area contributed by atoms with Crippen LogP contribution >= 0.6 is 0 Å². The van der Waals surface area contributed by atoms with Crippen molar-refractivity contribution in [1.29, 1.82) is 0 Å². The largest absolute Gasteiger partial charge is 0.305 e. The Kier molecular flexibility index (Phi) is 4.14. The van der Waals surface area contributed by atoms with E-state index in [0.717, 1.165) is 12.8 Å². The normalized spacial score (nSPS) is 15.7. The zero-order valence-corrected chi connectivity index (χ0v) is 13.5. The van der Waals surface area contributed by atoms with Crippen LogP contribution in [0.15, 0.2) is 35.5 Å². The molecule has 1 N–H and O–H groups in total. The van der Waals surface area contributed by atoms with Gasteiger partial charge in [-0.25, -0.2) is 13.4 Å². The molecule has 3 rings (SSSR count). The van der Waals surface area contributed by atoms with E-state index in [-0.39, 0.29) is 10.7 Å².